The lowest BCUT2D eigenvalue weighted by molar-refractivity contribution is 0.0694. The predicted octanol–water partition coefficient (Wildman–Crippen LogP) is 6.10. The molecule has 0 unspecified atom stereocenters. The third kappa shape index (κ3) is 7.12. The molecule has 0 saturated heterocycles. The average Bonchev–Trinajstić information content (AvgIpc) is 2.83. The summed E-state index contributed by atoms with van der Waals surface area (Å²) in [5, 5.41) is 19.6. The molecule has 186 valence electrons. The summed E-state index contributed by atoms with van der Waals surface area (Å²) in [5.41, 5.74) is 1.80. The second-order valence-corrected chi connectivity index (χ2v) is 9.96. The molecule has 1 aromatic carbocycles. The molecule has 0 amide bonds. The van der Waals surface area contributed by atoms with Gasteiger partial charge in [-0.25, -0.2) is 9.59 Å². The molecule has 2 saturated carbocycles. The van der Waals surface area contributed by atoms with Crippen molar-refractivity contribution in [2.75, 3.05) is 13.2 Å². The lowest BCUT2D eigenvalue weighted by atomic mass is 9.77. The van der Waals surface area contributed by atoms with Crippen LogP contribution in [0.5, 0.6) is 0 Å². The number of aromatic carboxylic acids is 2. The number of benzene rings is 1. The van der Waals surface area contributed by atoms with E-state index in [0.717, 1.165) is 62.5 Å². The van der Waals surface area contributed by atoms with Crippen molar-refractivity contribution in [3.63, 3.8) is 0 Å². The number of hydrogen-bond donors (Lipinski definition) is 2. The quantitative estimate of drug-likeness (QED) is 0.359. The van der Waals surface area contributed by atoms with Crippen LogP contribution in [-0.2, 0) is 22.3 Å². The first-order valence-electron chi connectivity index (χ1n) is 12.5. The maximum atomic E-state index is 12.0. The summed E-state index contributed by atoms with van der Waals surface area (Å²) >= 11 is 0. The van der Waals surface area contributed by atoms with E-state index in [0.29, 0.717) is 49.7 Å². The van der Waals surface area contributed by atoms with Crippen LogP contribution in [-0.4, -0.2) is 35.4 Å². The number of carbonyl (C=O) groups is 2. The zero-order chi connectivity index (χ0) is 24.5. The van der Waals surface area contributed by atoms with E-state index < -0.39 is 11.9 Å². The Morgan fingerprint density at radius 3 is 1.38 bits per heavy atom. The van der Waals surface area contributed by atoms with Crippen LogP contribution in [0, 0.1) is 23.7 Å². The van der Waals surface area contributed by atoms with Gasteiger partial charge in [-0.2, -0.15) is 0 Å². The lowest BCUT2D eigenvalue weighted by Gasteiger charge is -2.30. The molecule has 6 heteroatoms. The van der Waals surface area contributed by atoms with Crippen LogP contribution in [0.4, 0.5) is 0 Å². The van der Waals surface area contributed by atoms with E-state index >= 15 is 0 Å². The predicted molar refractivity (Wildman–Crippen MR) is 131 cm³/mol. The van der Waals surface area contributed by atoms with Crippen LogP contribution in [0.2, 0.25) is 0 Å². The van der Waals surface area contributed by atoms with Crippen molar-refractivity contribution in [1.82, 2.24) is 0 Å². The molecule has 1 aromatic rings. The minimum absolute atomic E-state index is 0.128. The van der Waals surface area contributed by atoms with Gasteiger partial charge in [-0.3, -0.25) is 0 Å². The summed E-state index contributed by atoms with van der Waals surface area (Å²) in [6.07, 6.45) is 12.6. The van der Waals surface area contributed by atoms with Crippen molar-refractivity contribution in [1.29, 1.82) is 0 Å². The third-order valence-electron chi connectivity index (χ3n) is 7.64. The van der Waals surface area contributed by atoms with E-state index in [9.17, 15) is 19.8 Å². The molecule has 0 spiro atoms. The van der Waals surface area contributed by atoms with Crippen LogP contribution in [0.15, 0.2) is 37.8 Å². The van der Waals surface area contributed by atoms with Gasteiger partial charge in [0.05, 0.1) is 36.9 Å². The second kappa shape index (κ2) is 12.6. The summed E-state index contributed by atoms with van der Waals surface area (Å²) in [4.78, 5) is 24.0. The van der Waals surface area contributed by atoms with Crippen LogP contribution < -0.4 is 0 Å². The first-order chi connectivity index (χ1) is 16.4. The molecule has 2 fully saturated rings. The zero-order valence-corrected chi connectivity index (χ0v) is 20.0. The van der Waals surface area contributed by atoms with Crippen LogP contribution >= 0.6 is 0 Å². The highest BCUT2D eigenvalue weighted by atomic mass is 16.5. The minimum atomic E-state index is -1.06. The zero-order valence-electron chi connectivity index (χ0n) is 20.0. The Hall–Kier alpha value is -2.76. The van der Waals surface area contributed by atoms with Crippen molar-refractivity contribution >= 4 is 11.9 Å². The van der Waals surface area contributed by atoms with Crippen LogP contribution in [0.3, 0.4) is 0 Å². The fourth-order valence-corrected chi connectivity index (χ4v) is 5.67. The largest absolute Gasteiger partial charge is 0.502 e. The average molecular weight is 471 g/mol. The number of carboxylic acid groups (broad SMARTS) is 2. The number of rotatable bonds is 12. The van der Waals surface area contributed by atoms with Crippen molar-refractivity contribution < 1.29 is 29.3 Å². The van der Waals surface area contributed by atoms with E-state index in [4.69, 9.17) is 9.47 Å². The minimum Gasteiger partial charge on any atom is -0.502 e. The third-order valence-corrected chi connectivity index (χ3v) is 7.64. The molecule has 2 N–H and O–H groups in total. The summed E-state index contributed by atoms with van der Waals surface area (Å²) in [6, 6.07) is 3.27. The summed E-state index contributed by atoms with van der Waals surface area (Å²) < 4.78 is 10.7. The van der Waals surface area contributed by atoms with Gasteiger partial charge in [0.1, 0.15) is 0 Å². The highest BCUT2D eigenvalue weighted by Crippen LogP contribution is 2.35. The monoisotopic (exact) mass is 470 g/mol. The highest BCUT2D eigenvalue weighted by molar-refractivity contribution is 5.96. The molecule has 0 atom stereocenters. The Bertz CT molecular complexity index is 793. The first-order valence-corrected chi connectivity index (χ1v) is 12.5. The molecule has 0 bridgehead atoms. The molecule has 2 aliphatic rings. The molecular formula is C28H38O6. The van der Waals surface area contributed by atoms with Crippen molar-refractivity contribution in [3.8, 4) is 0 Å². The standard InChI is InChI=1S/C28H38O6/c1-3-33-17-21-9-5-19(6-10-21)13-23-15-24(26(28(31)32)16-25(23)27(29)30)14-20-7-11-22(12-8-20)18-34-4-2/h3-4,15-16,19-22H,1-2,5-14,17-18H2,(H,29,30)(H,31,32). The van der Waals surface area contributed by atoms with Gasteiger partial charge in [-0.15, -0.1) is 0 Å². The van der Waals surface area contributed by atoms with Gasteiger partial charge in [0.25, 0.3) is 0 Å². The van der Waals surface area contributed by atoms with Crippen molar-refractivity contribution in [3.05, 3.63) is 60.1 Å². The summed E-state index contributed by atoms with van der Waals surface area (Å²) in [6.45, 7) is 8.58. The number of ether oxygens (including phenoxy) is 2. The normalized spacial score (nSPS) is 24.7. The second-order valence-electron chi connectivity index (χ2n) is 9.96. The molecule has 6 nitrogen and oxygen atoms in total. The first kappa shape index (κ1) is 25.9. The van der Waals surface area contributed by atoms with E-state index in [-0.39, 0.29) is 11.1 Å². The SMILES string of the molecule is C=COCC1CCC(Cc2cc(CC3CCC(COC=C)CC3)c(C(=O)O)cc2C(=O)O)CC1. The summed E-state index contributed by atoms with van der Waals surface area (Å²) in [7, 11) is 0. The molecular weight excluding hydrogens is 432 g/mol. The molecule has 0 aromatic heterocycles. The molecule has 0 radical (unpaired) electrons. The highest BCUT2D eigenvalue weighted by Gasteiger charge is 2.27. The van der Waals surface area contributed by atoms with Crippen LogP contribution in [0.1, 0.15) is 83.2 Å². The Morgan fingerprint density at radius 1 is 0.706 bits per heavy atom. The molecule has 3 rings (SSSR count). The van der Waals surface area contributed by atoms with Gasteiger partial charge < -0.3 is 19.7 Å². The van der Waals surface area contributed by atoms with Gasteiger partial charge in [0.15, 0.2) is 0 Å². The van der Waals surface area contributed by atoms with Crippen molar-refractivity contribution in [2.45, 2.75) is 64.2 Å². The Kier molecular flexibility index (Phi) is 9.61. The summed E-state index contributed by atoms with van der Waals surface area (Å²) in [5.74, 6) is -0.265. The molecule has 34 heavy (non-hydrogen) atoms. The van der Waals surface area contributed by atoms with E-state index in [1.807, 2.05) is 6.07 Å². The Morgan fingerprint density at radius 2 is 1.06 bits per heavy atom. The Balaban J connectivity index is 1.72. The van der Waals surface area contributed by atoms with Crippen LogP contribution in [0.25, 0.3) is 0 Å². The maximum absolute atomic E-state index is 12.0. The number of carboxylic acids is 2. The fourth-order valence-electron chi connectivity index (χ4n) is 5.67. The fraction of sp³-hybridized carbons (Fsp3) is 0.571. The van der Waals surface area contributed by atoms with E-state index in [1.165, 1.54) is 18.6 Å². The van der Waals surface area contributed by atoms with Gasteiger partial charge in [-0.05, 0) is 105 Å². The van der Waals surface area contributed by atoms with Gasteiger partial charge in [0.2, 0.25) is 0 Å². The number of hydrogen-bond acceptors (Lipinski definition) is 4. The van der Waals surface area contributed by atoms with Gasteiger partial charge >= 0.3 is 11.9 Å². The van der Waals surface area contributed by atoms with E-state index in [1.54, 1.807) is 0 Å². The lowest BCUT2D eigenvalue weighted by Crippen LogP contribution is -2.22. The van der Waals surface area contributed by atoms with Crippen molar-refractivity contribution in [2.24, 2.45) is 23.7 Å². The smallest absolute Gasteiger partial charge is 0.335 e. The molecule has 0 heterocycles. The maximum Gasteiger partial charge on any atom is 0.335 e. The van der Waals surface area contributed by atoms with Gasteiger partial charge in [-0.1, -0.05) is 19.2 Å². The molecule has 2 aliphatic carbocycles. The Labute approximate surface area is 202 Å². The van der Waals surface area contributed by atoms with E-state index in [2.05, 4.69) is 13.2 Å². The van der Waals surface area contributed by atoms with Gasteiger partial charge in [0, 0.05) is 0 Å². The topological polar surface area (TPSA) is 93.1 Å². The molecule has 0 aliphatic heterocycles.